The number of hydrogen-bond acceptors (Lipinski definition) is 4. The van der Waals surface area contributed by atoms with Crippen LogP contribution in [0.5, 0.6) is 5.75 Å². The molecule has 112 valence electrons. The van der Waals surface area contributed by atoms with Crippen molar-refractivity contribution in [2.24, 2.45) is 0 Å². The number of carboxylic acids is 1. The van der Waals surface area contributed by atoms with Crippen molar-refractivity contribution >= 4 is 5.97 Å². The molecule has 6 nitrogen and oxygen atoms in total. The first-order chi connectivity index (χ1) is 9.94. The molecule has 1 unspecified atom stereocenters. The van der Waals surface area contributed by atoms with E-state index in [-0.39, 0.29) is 12.2 Å². The second-order valence-corrected chi connectivity index (χ2v) is 4.68. The van der Waals surface area contributed by atoms with Crippen molar-refractivity contribution < 1.29 is 23.9 Å². The van der Waals surface area contributed by atoms with E-state index in [9.17, 15) is 14.3 Å². The van der Waals surface area contributed by atoms with Crippen molar-refractivity contribution in [2.75, 3.05) is 7.11 Å². The topological polar surface area (TPSA) is 73.6 Å². The van der Waals surface area contributed by atoms with Gasteiger partial charge in [-0.1, -0.05) is 6.07 Å². The van der Waals surface area contributed by atoms with Crippen molar-refractivity contribution in [2.45, 2.75) is 18.9 Å². The number of carbonyl (C=O) groups is 1. The smallest absolute Gasteiger partial charge is 0.350 e. The second-order valence-electron chi connectivity index (χ2n) is 4.68. The normalized spacial score (nSPS) is 13.5. The van der Waals surface area contributed by atoms with Crippen LogP contribution in [0.4, 0.5) is 4.39 Å². The molecule has 0 aliphatic carbocycles. The van der Waals surface area contributed by atoms with E-state index in [1.54, 1.807) is 12.1 Å². The summed E-state index contributed by atoms with van der Waals surface area (Å²) in [6.45, 7) is 1.40. The minimum atomic E-state index is -1.58. The molecule has 0 bridgehead atoms. The van der Waals surface area contributed by atoms with E-state index < -0.39 is 17.4 Å². The third-order valence-corrected chi connectivity index (χ3v) is 2.99. The highest BCUT2D eigenvalue weighted by Crippen LogP contribution is 2.22. The van der Waals surface area contributed by atoms with Crippen molar-refractivity contribution in [1.82, 2.24) is 9.94 Å². The number of carboxylic acid groups (broad SMARTS) is 1. The molecule has 0 spiro atoms. The fourth-order valence-corrected chi connectivity index (χ4v) is 1.87. The van der Waals surface area contributed by atoms with Crippen LogP contribution >= 0.6 is 0 Å². The predicted molar refractivity (Wildman–Crippen MR) is 71.5 cm³/mol. The molecule has 0 aliphatic rings. The molecular formula is C14H15FN2O4. The standard InChI is InChI=1S/C14H15FN2O4/c1-14(13(18)19,21-17-7-3-6-16-17)9-10-4-5-12(20-2)11(15)8-10/h3-8H,9H2,1-2H3,(H,18,19). The summed E-state index contributed by atoms with van der Waals surface area (Å²) in [5.74, 6) is -1.63. The Morgan fingerprint density at radius 1 is 1.52 bits per heavy atom. The van der Waals surface area contributed by atoms with Gasteiger partial charge in [0, 0.05) is 6.42 Å². The first-order valence-corrected chi connectivity index (χ1v) is 6.19. The number of halogens is 1. The minimum absolute atomic E-state index is 0.0247. The van der Waals surface area contributed by atoms with Gasteiger partial charge in [-0.3, -0.25) is 0 Å². The van der Waals surface area contributed by atoms with Crippen LogP contribution in [0.15, 0.2) is 36.7 Å². The van der Waals surface area contributed by atoms with E-state index in [4.69, 9.17) is 9.57 Å². The van der Waals surface area contributed by atoms with E-state index in [1.165, 1.54) is 38.6 Å². The SMILES string of the molecule is COc1ccc(CC(C)(On2cccn2)C(=O)O)cc1F. The maximum absolute atomic E-state index is 13.7. The Balaban J connectivity index is 2.23. The lowest BCUT2D eigenvalue weighted by atomic mass is 9.96. The van der Waals surface area contributed by atoms with Gasteiger partial charge in [0.25, 0.3) is 0 Å². The summed E-state index contributed by atoms with van der Waals surface area (Å²) in [7, 11) is 1.36. The average molecular weight is 294 g/mol. The van der Waals surface area contributed by atoms with Gasteiger partial charge in [-0.05, 0) is 30.7 Å². The number of hydrogen-bond donors (Lipinski definition) is 1. The summed E-state index contributed by atoms with van der Waals surface area (Å²) >= 11 is 0. The first-order valence-electron chi connectivity index (χ1n) is 6.19. The Morgan fingerprint density at radius 3 is 2.81 bits per heavy atom. The Bertz CT molecular complexity index is 630. The summed E-state index contributed by atoms with van der Waals surface area (Å²) in [6.07, 6.45) is 2.92. The third-order valence-electron chi connectivity index (χ3n) is 2.99. The number of benzene rings is 1. The molecule has 0 saturated heterocycles. The Hall–Kier alpha value is -2.57. The lowest BCUT2D eigenvalue weighted by Gasteiger charge is -2.25. The molecule has 0 radical (unpaired) electrons. The lowest BCUT2D eigenvalue weighted by molar-refractivity contribution is -0.166. The van der Waals surface area contributed by atoms with Crippen LogP contribution in [-0.4, -0.2) is 33.7 Å². The number of aromatic nitrogens is 2. The Kier molecular flexibility index (Phi) is 4.11. The van der Waals surface area contributed by atoms with Gasteiger partial charge in [-0.2, -0.15) is 0 Å². The van der Waals surface area contributed by atoms with Crippen LogP contribution in [0, 0.1) is 5.82 Å². The highest BCUT2D eigenvalue weighted by atomic mass is 19.1. The number of rotatable bonds is 6. The van der Waals surface area contributed by atoms with E-state index in [0.717, 1.165) is 4.85 Å². The molecule has 0 aliphatic heterocycles. The summed E-state index contributed by atoms with van der Waals surface area (Å²) < 4.78 is 18.5. The second kappa shape index (κ2) is 5.82. The zero-order valence-electron chi connectivity index (χ0n) is 11.6. The van der Waals surface area contributed by atoms with Crippen molar-refractivity contribution in [3.63, 3.8) is 0 Å². The molecule has 7 heteroatoms. The maximum Gasteiger partial charge on any atom is 0.350 e. The van der Waals surface area contributed by atoms with Crippen LogP contribution in [-0.2, 0) is 11.2 Å². The number of ether oxygens (including phenoxy) is 1. The van der Waals surface area contributed by atoms with Crippen LogP contribution in [0.3, 0.4) is 0 Å². The first kappa shape index (κ1) is 14.8. The molecule has 1 heterocycles. The van der Waals surface area contributed by atoms with Gasteiger partial charge in [-0.15, -0.1) is 9.94 Å². The van der Waals surface area contributed by atoms with Gasteiger partial charge in [0.05, 0.1) is 19.5 Å². The molecule has 1 aromatic heterocycles. The highest BCUT2D eigenvalue weighted by Gasteiger charge is 2.37. The van der Waals surface area contributed by atoms with Gasteiger partial charge in [0.2, 0.25) is 5.60 Å². The monoisotopic (exact) mass is 294 g/mol. The van der Waals surface area contributed by atoms with E-state index in [1.807, 2.05) is 0 Å². The number of aliphatic carboxylic acids is 1. The number of nitrogens with zero attached hydrogens (tertiary/aromatic N) is 2. The Morgan fingerprint density at radius 2 is 2.29 bits per heavy atom. The third kappa shape index (κ3) is 3.31. The molecule has 0 fully saturated rings. The molecule has 1 N–H and O–H groups in total. The largest absolute Gasteiger partial charge is 0.494 e. The van der Waals surface area contributed by atoms with Crippen LogP contribution in [0.1, 0.15) is 12.5 Å². The van der Waals surface area contributed by atoms with Crippen molar-refractivity contribution in [3.05, 3.63) is 48.0 Å². The van der Waals surface area contributed by atoms with E-state index in [0.29, 0.717) is 5.56 Å². The van der Waals surface area contributed by atoms with Gasteiger partial charge < -0.3 is 14.7 Å². The molecule has 2 aromatic rings. The maximum atomic E-state index is 13.7. The fourth-order valence-electron chi connectivity index (χ4n) is 1.87. The molecule has 21 heavy (non-hydrogen) atoms. The van der Waals surface area contributed by atoms with Crippen molar-refractivity contribution in [1.29, 1.82) is 0 Å². The molecule has 0 amide bonds. The van der Waals surface area contributed by atoms with Crippen molar-refractivity contribution in [3.8, 4) is 5.75 Å². The zero-order valence-corrected chi connectivity index (χ0v) is 11.6. The molecular weight excluding hydrogens is 279 g/mol. The van der Waals surface area contributed by atoms with Gasteiger partial charge in [-0.25, -0.2) is 9.18 Å². The average Bonchev–Trinajstić information content (AvgIpc) is 2.91. The number of methoxy groups -OCH3 is 1. The molecule has 1 aromatic carbocycles. The van der Waals surface area contributed by atoms with E-state index in [2.05, 4.69) is 5.10 Å². The predicted octanol–water partition coefficient (Wildman–Crippen LogP) is 1.55. The minimum Gasteiger partial charge on any atom is -0.494 e. The van der Waals surface area contributed by atoms with E-state index >= 15 is 0 Å². The summed E-state index contributed by atoms with van der Waals surface area (Å²) in [5.41, 5.74) is -1.10. The molecule has 1 atom stereocenters. The van der Waals surface area contributed by atoms with Gasteiger partial charge >= 0.3 is 5.97 Å². The molecule has 2 rings (SSSR count). The van der Waals surface area contributed by atoms with Crippen LogP contribution < -0.4 is 9.57 Å². The summed E-state index contributed by atoms with van der Waals surface area (Å²) in [5, 5.41) is 13.2. The Labute approximate surface area is 120 Å². The van der Waals surface area contributed by atoms with Crippen LogP contribution in [0.2, 0.25) is 0 Å². The fraction of sp³-hybridized carbons (Fsp3) is 0.286. The molecule has 0 saturated carbocycles. The zero-order chi connectivity index (χ0) is 15.5. The highest BCUT2D eigenvalue weighted by molar-refractivity contribution is 5.77. The quantitative estimate of drug-likeness (QED) is 0.875. The summed E-state index contributed by atoms with van der Waals surface area (Å²) in [6, 6.07) is 5.87. The lowest BCUT2D eigenvalue weighted by Crippen LogP contribution is -2.47. The van der Waals surface area contributed by atoms with Crippen LogP contribution in [0.25, 0.3) is 0 Å². The van der Waals surface area contributed by atoms with Gasteiger partial charge in [0.1, 0.15) is 0 Å². The summed E-state index contributed by atoms with van der Waals surface area (Å²) in [4.78, 5) is 17.9. The van der Waals surface area contributed by atoms with Gasteiger partial charge in [0.15, 0.2) is 11.6 Å².